The maximum absolute atomic E-state index is 11.8. The van der Waals surface area contributed by atoms with Gasteiger partial charge in [-0.3, -0.25) is 9.69 Å². The summed E-state index contributed by atoms with van der Waals surface area (Å²) in [5.74, 6) is 0.978. The van der Waals surface area contributed by atoms with E-state index in [0.717, 1.165) is 56.4 Å². The first-order valence-corrected chi connectivity index (χ1v) is 10.4. The van der Waals surface area contributed by atoms with Crippen molar-refractivity contribution >= 4 is 23.2 Å². The second-order valence-electron chi connectivity index (χ2n) is 6.60. The number of aryl methyl sites for hydroxylation is 1. The monoisotopic (exact) mass is 380 g/mol. The fraction of sp³-hybridized carbons (Fsp3) is 0.722. The van der Waals surface area contributed by atoms with E-state index in [2.05, 4.69) is 51.6 Å². The van der Waals surface area contributed by atoms with E-state index in [1.54, 1.807) is 11.3 Å². The first-order valence-electron chi connectivity index (χ1n) is 9.55. The second kappa shape index (κ2) is 11.1. The van der Waals surface area contributed by atoms with Crippen LogP contribution >= 0.6 is 11.3 Å². The Hall–Kier alpha value is -1.67. The van der Waals surface area contributed by atoms with E-state index in [1.807, 2.05) is 6.20 Å². The summed E-state index contributed by atoms with van der Waals surface area (Å²) in [7, 11) is 0. The number of aromatic nitrogens is 1. The van der Waals surface area contributed by atoms with Crippen LogP contribution in [-0.4, -0.2) is 60.5 Å². The second-order valence-corrected chi connectivity index (χ2v) is 7.92. The summed E-state index contributed by atoms with van der Waals surface area (Å²) in [5.41, 5.74) is 0. The SMILES string of the molecule is CCCNC(=O)CN1CCC(NC(=NCc2ncc(C)s2)NCC)CC1. The van der Waals surface area contributed by atoms with Crippen molar-refractivity contribution in [2.75, 3.05) is 32.7 Å². The van der Waals surface area contributed by atoms with Crippen LogP contribution in [0.2, 0.25) is 0 Å². The summed E-state index contributed by atoms with van der Waals surface area (Å²) in [5, 5.41) is 10.8. The Kier molecular flexibility index (Phi) is 8.84. The van der Waals surface area contributed by atoms with Gasteiger partial charge in [0.05, 0.1) is 13.1 Å². The molecule has 1 aliphatic heterocycles. The Morgan fingerprint density at radius 2 is 2.12 bits per heavy atom. The van der Waals surface area contributed by atoms with Crippen LogP contribution in [0, 0.1) is 6.92 Å². The number of nitrogens with one attached hydrogen (secondary N) is 3. The number of carbonyl (C=O) groups excluding carboxylic acids is 1. The summed E-state index contributed by atoms with van der Waals surface area (Å²) >= 11 is 1.69. The standard InChI is InChI=1S/C18H32N6OS/c1-4-8-20-16(25)13-24-9-6-15(7-10-24)23-18(19-5-2)22-12-17-21-11-14(3)26-17/h11,15H,4-10,12-13H2,1-3H3,(H,20,25)(H2,19,22,23). The van der Waals surface area contributed by atoms with Gasteiger partial charge in [0.25, 0.3) is 0 Å². The molecule has 0 aliphatic carbocycles. The van der Waals surface area contributed by atoms with E-state index in [-0.39, 0.29) is 5.91 Å². The Morgan fingerprint density at radius 3 is 2.73 bits per heavy atom. The van der Waals surface area contributed by atoms with Crippen LogP contribution in [0.4, 0.5) is 0 Å². The minimum Gasteiger partial charge on any atom is -0.357 e. The molecule has 8 heteroatoms. The first-order chi connectivity index (χ1) is 12.6. The van der Waals surface area contributed by atoms with Crippen LogP contribution in [0.3, 0.4) is 0 Å². The van der Waals surface area contributed by atoms with E-state index >= 15 is 0 Å². The van der Waals surface area contributed by atoms with Gasteiger partial charge >= 0.3 is 0 Å². The molecule has 3 N–H and O–H groups in total. The lowest BCUT2D eigenvalue weighted by molar-refractivity contribution is -0.122. The third-order valence-electron chi connectivity index (χ3n) is 4.25. The molecule has 1 aromatic rings. The largest absolute Gasteiger partial charge is 0.357 e. The number of piperidine rings is 1. The van der Waals surface area contributed by atoms with Gasteiger partial charge < -0.3 is 16.0 Å². The zero-order valence-electron chi connectivity index (χ0n) is 16.2. The van der Waals surface area contributed by atoms with Crippen LogP contribution < -0.4 is 16.0 Å². The fourth-order valence-electron chi connectivity index (χ4n) is 2.89. The van der Waals surface area contributed by atoms with Gasteiger partial charge in [0.1, 0.15) is 5.01 Å². The molecule has 146 valence electrons. The van der Waals surface area contributed by atoms with E-state index in [4.69, 9.17) is 0 Å². The molecular weight excluding hydrogens is 348 g/mol. The molecule has 26 heavy (non-hydrogen) atoms. The number of nitrogens with zero attached hydrogens (tertiary/aromatic N) is 3. The van der Waals surface area contributed by atoms with Gasteiger partial charge in [-0.25, -0.2) is 9.98 Å². The summed E-state index contributed by atoms with van der Waals surface area (Å²) in [6.45, 7) is 10.8. The Bertz CT molecular complexity index is 580. The lowest BCUT2D eigenvalue weighted by Crippen LogP contribution is -2.50. The van der Waals surface area contributed by atoms with Crippen molar-refractivity contribution in [3.63, 3.8) is 0 Å². The van der Waals surface area contributed by atoms with Crippen molar-refractivity contribution in [1.82, 2.24) is 25.8 Å². The molecule has 1 aromatic heterocycles. The van der Waals surface area contributed by atoms with Crippen LogP contribution in [0.25, 0.3) is 0 Å². The van der Waals surface area contributed by atoms with Gasteiger partial charge in [0, 0.05) is 43.3 Å². The van der Waals surface area contributed by atoms with Crippen molar-refractivity contribution in [1.29, 1.82) is 0 Å². The van der Waals surface area contributed by atoms with Crippen LogP contribution in [0.1, 0.15) is 43.0 Å². The average molecular weight is 381 g/mol. The number of carbonyl (C=O) groups is 1. The van der Waals surface area contributed by atoms with Gasteiger partial charge in [0.2, 0.25) is 5.91 Å². The molecule has 7 nitrogen and oxygen atoms in total. The van der Waals surface area contributed by atoms with Crippen molar-refractivity contribution < 1.29 is 4.79 Å². The van der Waals surface area contributed by atoms with Crippen LogP contribution in [0.5, 0.6) is 0 Å². The Balaban J connectivity index is 1.76. The van der Waals surface area contributed by atoms with Crippen molar-refractivity contribution in [2.45, 2.75) is 52.6 Å². The molecule has 0 aromatic carbocycles. The van der Waals surface area contributed by atoms with Crippen molar-refractivity contribution in [3.05, 3.63) is 16.1 Å². The van der Waals surface area contributed by atoms with Crippen LogP contribution in [-0.2, 0) is 11.3 Å². The predicted molar refractivity (Wildman–Crippen MR) is 108 cm³/mol. The molecule has 1 fully saturated rings. The average Bonchev–Trinajstić information content (AvgIpc) is 3.05. The van der Waals surface area contributed by atoms with E-state index < -0.39 is 0 Å². The molecule has 1 amide bonds. The summed E-state index contributed by atoms with van der Waals surface area (Å²) in [4.78, 5) is 24.3. The molecule has 2 rings (SSSR count). The maximum atomic E-state index is 11.8. The van der Waals surface area contributed by atoms with Gasteiger partial charge in [0.15, 0.2) is 5.96 Å². The summed E-state index contributed by atoms with van der Waals surface area (Å²) in [6, 6.07) is 0.390. The molecule has 0 unspecified atom stereocenters. The maximum Gasteiger partial charge on any atom is 0.234 e. The predicted octanol–water partition coefficient (Wildman–Crippen LogP) is 1.50. The van der Waals surface area contributed by atoms with Gasteiger partial charge in [-0.1, -0.05) is 6.92 Å². The molecule has 0 spiro atoms. The third-order valence-corrected chi connectivity index (χ3v) is 5.15. The number of aliphatic imine (C=N–C) groups is 1. The smallest absolute Gasteiger partial charge is 0.234 e. The van der Waals surface area contributed by atoms with Crippen molar-refractivity contribution in [2.24, 2.45) is 4.99 Å². The zero-order valence-corrected chi connectivity index (χ0v) is 17.0. The molecule has 1 aliphatic rings. The Morgan fingerprint density at radius 1 is 1.35 bits per heavy atom. The lowest BCUT2D eigenvalue weighted by Gasteiger charge is -2.32. The topological polar surface area (TPSA) is 81.7 Å². The number of thiazole rings is 1. The molecule has 0 bridgehead atoms. The highest BCUT2D eigenvalue weighted by Gasteiger charge is 2.21. The van der Waals surface area contributed by atoms with Gasteiger partial charge in [-0.2, -0.15) is 0 Å². The summed E-state index contributed by atoms with van der Waals surface area (Å²) in [6.07, 6.45) is 4.90. The zero-order chi connectivity index (χ0) is 18.8. The molecule has 0 saturated carbocycles. The lowest BCUT2D eigenvalue weighted by atomic mass is 10.1. The minimum absolute atomic E-state index is 0.131. The molecular formula is C18H32N6OS. The summed E-state index contributed by atoms with van der Waals surface area (Å²) < 4.78 is 0. The quantitative estimate of drug-likeness (QED) is 0.470. The van der Waals surface area contributed by atoms with Gasteiger partial charge in [-0.15, -0.1) is 11.3 Å². The molecule has 0 radical (unpaired) electrons. The van der Waals surface area contributed by atoms with Crippen LogP contribution in [0.15, 0.2) is 11.2 Å². The highest BCUT2D eigenvalue weighted by Crippen LogP contribution is 2.12. The number of amides is 1. The normalized spacial score (nSPS) is 16.5. The number of hydrogen-bond donors (Lipinski definition) is 3. The Labute approximate surface area is 160 Å². The first kappa shape index (κ1) is 20.6. The van der Waals surface area contributed by atoms with Crippen molar-refractivity contribution in [3.8, 4) is 0 Å². The molecule has 2 heterocycles. The van der Waals surface area contributed by atoms with Gasteiger partial charge in [-0.05, 0) is 33.1 Å². The highest BCUT2D eigenvalue weighted by atomic mass is 32.1. The number of guanidine groups is 1. The highest BCUT2D eigenvalue weighted by molar-refractivity contribution is 7.11. The van der Waals surface area contributed by atoms with E-state index in [0.29, 0.717) is 19.1 Å². The number of hydrogen-bond acceptors (Lipinski definition) is 5. The minimum atomic E-state index is 0.131. The molecule has 0 atom stereocenters. The van der Waals surface area contributed by atoms with E-state index in [1.165, 1.54) is 4.88 Å². The fourth-order valence-corrected chi connectivity index (χ4v) is 3.60. The number of likely N-dealkylation sites (tertiary alicyclic amines) is 1. The third kappa shape index (κ3) is 7.29. The molecule has 1 saturated heterocycles. The van der Waals surface area contributed by atoms with E-state index in [9.17, 15) is 4.79 Å². The number of rotatable bonds is 8.